The minimum atomic E-state index is 0.491. The van der Waals surface area contributed by atoms with Crippen LogP contribution >= 0.6 is 27.5 Å². The topological polar surface area (TPSA) is 0 Å². The van der Waals surface area contributed by atoms with E-state index in [9.17, 15) is 0 Å². The molecule has 0 aliphatic heterocycles. The molecule has 110 valence electrons. The molecule has 0 spiro atoms. The molecule has 0 nitrogen and oxygen atoms in total. The first-order valence-electron chi connectivity index (χ1n) is 7.66. The Hall–Kier alpha value is -0.790. The summed E-state index contributed by atoms with van der Waals surface area (Å²) in [6, 6.07) is 15.5. The van der Waals surface area contributed by atoms with E-state index in [-0.39, 0.29) is 0 Å². The number of hydrogen-bond acceptors (Lipinski definition) is 0. The smallest absolute Gasteiger partial charge is 0.0258 e. The number of halogens is 2. The first-order chi connectivity index (χ1) is 10.3. The molecule has 0 bridgehead atoms. The molecule has 2 aromatic carbocycles. The number of rotatable bonds is 5. The van der Waals surface area contributed by atoms with Crippen LogP contribution in [0.2, 0.25) is 0 Å². The lowest BCUT2D eigenvalue weighted by Crippen LogP contribution is -2.11. The van der Waals surface area contributed by atoms with Crippen molar-refractivity contribution in [1.29, 1.82) is 0 Å². The van der Waals surface area contributed by atoms with Crippen LogP contribution in [0.4, 0.5) is 0 Å². The third-order valence-corrected chi connectivity index (χ3v) is 5.58. The summed E-state index contributed by atoms with van der Waals surface area (Å²) in [6.07, 6.45) is 5.92. The zero-order valence-corrected chi connectivity index (χ0v) is 14.5. The minimum Gasteiger partial charge on any atom is -0.126 e. The van der Waals surface area contributed by atoms with Crippen LogP contribution in [0, 0.1) is 5.92 Å². The van der Waals surface area contributed by atoms with E-state index in [0.717, 1.165) is 12.8 Å². The molecule has 1 atom stereocenters. The van der Waals surface area contributed by atoms with Crippen molar-refractivity contribution >= 4 is 27.5 Å². The van der Waals surface area contributed by atoms with Gasteiger partial charge in [0.05, 0.1) is 0 Å². The second kappa shape index (κ2) is 6.98. The van der Waals surface area contributed by atoms with E-state index in [1.54, 1.807) is 11.1 Å². The molecule has 1 aliphatic rings. The molecular formula is C19H20BrCl. The summed E-state index contributed by atoms with van der Waals surface area (Å²) in [5, 5.41) is 0. The summed E-state index contributed by atoms with van der Waals surface area (Å²) < 4.78 is 1.19. The van der Waals surface area contributed by atoms with E-state index >= 15 is 0 Å². The summed E-state index contributed by atoms with van der Waals surface area (Å²) in [5.74, 6) is 1.20. The van der Waals surface area contributed by atoms with Crippen molar-refractivity contribution in [3.05, 3.63) is 69.2 Å². The van der Waals surface area contributed by atoms with Crippen LogP contribution in [0.5, 0.6) is 0 Å². The van der Waals surface area contributed by atoms with E-state index in [0.29, 0.717) is 11.8 Å². The fourth-order valence-electron chi connectivity index (χ4n) is 3.24. The molecule has 3 rings (SSSR count). The van der Waals surface area contributed by atoms with Crippen molar-refractivity contribution < 1.29 is 0 Å². The van der Waals surface area contributed by atoms with E-state index in [4.69, 9.17) is 11.6 Å². The normalized spacial score (nSPS) is 15.0. The number of aryl methyl sites for hydroxylation is 2. The van der Waals surface area contributed by atoms with Gasteiger partial charge in [-0.2, -0.15) is 0 Å². The van der Waals surface area contributed by atoms with Crippen LogP contribution in [0.15, 0.2) is 46.9 Å². The van der Waals surface area contributed by atoms with Gasteiger partial charge in [-0.3, -0.25) is 0 Å². The molecule has 0 heterocycles. The van der Waals surface area contributed by atoms with Gasteiger partial charge in [0.25, 0.3) is 0 Å². The van der Waals surface area contributed by atoms with Gasteiger partial charge in [-0.05, 0) is 66.3 Å². The van der Waals surface area contributed by atoms with Crippen LogP contribution in [-0.2, 0) is 25.7 Å². The zero-order chi connectivity index (χ0) is 14.7. The van der Waals surface area contributed by atoms with Crippen molar-refractivity contribution in [2.45, 2.75) is 32.1 Å². The highest BCUT2D eigenvalue weighted by Gasteiger charge is 2.15. The molecule has 0 amide bonds. The average Bonchev–Trinajstić information content (AvgIpc) is 2.96. The van der Waals surface area contributed by atoms with Gasteiger partial charge in [-0.25, -0.2) is 0 Å². The molecule has 21 heavy (non-hydrogen) atoms. The van der Waals surface area contributed by atoms with Crippen LogP contribution in [0.3, 0.4) is 0 Å². The monoisotopic (exact) mass is 362 g/mol. The maximum atomic E-state index is 6.22. The number of hydrogen-bond donors (Lipinski definition) is 0. The molecule has 0 fully saturated rings. The Bertz CT molecular complexity index is 621. The van der Waals surface area contributed by atoms with Crippen molar-refractivity contribution in [3.8, 4) is 0 Å². The Morgan fingerprint density at radius 3 is 2.62 bits per heavy atom. The summed E-state index contributed by atoms with van der Waals surface area (Å²) in [5.41, 5.74) is 5.89. The second-order valence-electron chi connectivity index (χ2n) is 5.98. The lowest BCUT2D eigenvalue weighted by atomic mass is 9.93. The lowest BCUT2D eigenvalue weighted by Gasteiger charge is -2.16. The van der Waals surface area contributed by atoms with Gasteiger partial charge in [-0.1, -0.05) is 52.3 Å². The Morgan fingerprint density at radius 2 is 1.81 bits per heavy atom. The van der Waals surface area contributed by atoms with E-state index in [2.05, 4.69) is 58.4 Å². The molecule has 2 heteroatoms. The predicted octanol–water partition coefficient (Wildman–Crippen LogP) is 5.58. The van der Waals surface area contributed by atoms with Crippen molar-refractivity contribution in [2.24, 2.45) is 5.92 Å². The zero-order valence-electron chi connectivity index (χ0n) is 12.1. The van der Waals surface area contributed by atoms with Gasteiger partial charge in [0.15, 0.2) is 0 Å². The molecule has 2 aromatic rings. The first kappa shape index (κ1) is 15.1. The minimum absolute atomic E-state index is 0.491. The lowest BCUT2D eigenvalue weighted by molar-refractivity contribution is 0.582. The Labute approximate surface area is 140 Å². The molecule has 0 N–H and O–H groups in total. The molecule has 0 saturated carbocycles. The van der Waals surface area contributed by atoms with Gasteiger partial charge in [0.1, 0.15) is 0 Å². The number of fused-ring (bicyclic) bond motifs is 1. The van der Waals surface area contributed by atoms with Gasteiger partial charge < -0.3 is 0 Å². The third kappa shape index (κ3) is 3.70. The van der Waals surface area contributed by atoms with E-state index in [1.807, 2.05) is 0 Å². The maximum absolute atomic E-state index is 6.22. The fourth-order valence-corrected chi connectivity index (χ4v) is 3.91. The highest BCUT2D eigenvalue weighted by molar-refractivity contribution is 9.10. The van der Waals surface area contributed by atoms with Crippen molar-refractivity contribution in [1.82, 2.24) is 0 Å². The highest BCUT2D eigenvalue weighted by atomic mass is 79.9. The molecule has 0 saturated heterocycles. The van der Waals surface area contributed by atoms with Gasteiger partial charge in [-0.15, -0.1) is 11.6 Å². The summed E-state index contributed by atoms with van der Waals surface area (Å²) in [4.78, 5) is 0. The molecular weight excluding hydrogens is 344 g/mol. The highest BCUT2D eigenvalue weighted by Crippen LogP contribution is 2.26. The van der Waals surface area contributed by atoms with Crippen LogP contribution < -0.4 is 0 Å². The average molecular weight is 364 g/mol. The van der Waals surface area contributed by atoms with Crippen LogP contribution in [0.1, 0.15) is 28.7 Å². The maximum Gasteiger partial charge on any atom is 0.0258 e. The van der Waals surface area contributed by atoms with E-state index in [1.165, 1.54) is 34.9 Å². The quantitative estimate of drug-likeness (QED) is 0.608. The Balaban J connectivity index is 1.71. The van der Waals surface area contributed by atoms with Gasteiger partial charge in [0.2, 0.25) is 0 Å². The molecule has 0 aromatic heterocycles. The summed E-state index contributed by atoms with van der Waals surface area (Å²) in [7, 11) is 0. The summed E-state index contributed by atoms with van der Waals surface area (Å²) in [6.45, 7) is 0. The summed E-state index contributed by atoms with van der Waals surface area (Å²) >= 11 is 9.86. The first-order valence-corrected chi connectivity index (χ1v) is 8.99. The van der Waals surface area contributed by atoms with E-state index < -0.39 is 0 Å². The predicted molar refractivity (Wildman–Crippen MR) is 94.2 cm³/mol. The second-order valence-corrected chi connectivity index (χ2v) is 7.14. The van der Waals surface area contributed by atoms with Crippen LogP contribution in [0.25, 0.3) is 0 Å². The van der Waals surface area contributed by atoms with Gasteiger partial charge >= 0.3 is 0 Å². The Kier molecular flexibility index (Phi) is 5.03. The number of alkyl halides is 1. The van der Waals surface area contributed by atoms with Crippen LogP contribution in [-0.4, -0.2) is 5.88 Å². The SMILES string of the molecule is ClCC(Cc1ccc2c(c1)CCC2)Cc1ccccc1Br. The Morgan fingerprint density at radius 1 is 1.00 bits per heavy atom. The molecule has 1 unspecified atom stereocenters. The standard InChI is InChI=1S/C19H20BrCl/c20-19-7-2-1-4-18(19)12-15(13-21)10-14-8-9-16-5-3-6-17(16)11-14/h1-2,4,7-9,11,15H,3,5-6,10,12-13H2. The number of benzene rings is 2. The third-order valence-electron chi connectivity index (χ3n) is 4.37. The van der Waals surface area contributed by atoms with Crippen molar-refractivity contribution in [2.75, 3.05) is 5.88 Å². The molecule has 0 radical (unpaired) electrons. The molecule has 1 aliphatic carbocycles. The van der Waals surface area contributed by atoms with Gasteiger partial charge in [0, 0.05) is 10.4 Å². The van der Waals surface area contributed by atoms with Crippen molar-refractivity contribution in [3.63, 3.8) is 0 Å². The fraction of sp³-hybridized carbons (Fsp3) is 0.368. The largest absolute Gasteiger partial charge is 0.126 e.